The fourth-order valence-electron chi connectivity index (χ4n) is 2.91. The Kier molecular flexibility index (Phi) is 2.92. The van der Waals surface area contributed by atoms with Gasteiger partial charge in [0.1, 0.15) is 5.69 Å². The first kappa shape index (κ1) is 13.0. The quantitative estimate of drug-likeness (QED) is 0.789. The molecule has 4 rings (SSSR count). The number of hydrogen-bond donors (Lipinski definition) is 1. The second-order valence-electron chi connectivity index (χ2n) is 5.43. The minimum Gasteiger partial charge on any atom is -0.339 e. The Morgan fingerprint density at radius 1 is 1.27 bits per heavy atom. The number of benzene rings is 1. The molecule has 0 saturated heterocycles. The first-order valence-electron chi connectivity index (χ1n) is 7.49. The molecule has 0 spiro atoms. The second kappa shape index (κ2) is 4.94. The lowest BCUT2D eigenvalue weighted by molar-refractivity contribution is 0.676. The molecule has 1 aliphatic heterocycles. The van der Waals surface area contributed by atoms with Crippen molar-refractivity contribution in [3.63, 3.8) is 0 Å². The highest BCUT2D eigenvalue weighted by Gasteiger charge is 2.17. The highest BCUT2D eigenvalue weighted by molar-refractivity contribution is 6.09. The van der Waals surface area contributed by atoms with E-state index in [0.717, 1.165) is 35.0 Å². The Labute approximate surface area is 128 Å². The molecule has 22 heavy (non-hydrogen) atoms. The molecule has 0 bridgehead atoms. The predicted molar refractivity (Wildman–Crippen MR) is 88.2 cm³/mol. The molecule has 1 aliphatic rings. The lowest BCUT2D eigenvalue weighted by Crippen LogP contribution is -2.13. The second-order valence-corrected chi connectivity index (χ2v) is 5.43. The normalized spacial score (nSPS) is 13.3. The van der Waals surface area contributed by atoms with Crippen molar-refractivity contribution in [3.8, 4) is 0 Å². The molecule has 1 N–H and O–H groups in total. The predicted octanol–water partition coefficient (Wildman–Crippen LogP) is 3.13. The molecule has 0 unspecified atom stereocenters. The van der Waals surface area contributed by atoms with Crippen LogP contribution >= 0.6 is 0 Å². The molecule has 0 aliphatic carbocycles. The zero-order valence-corrected chi connectivity index (χ0v) is 12.7. The average Bonchev–Trinajstić information content (AvgIpc) is 3.09. The van der Waals surface area contributed by atoms with E-state index in [9.17, 15) is 0 Å². The van der Waals surface area contributed by atoms with Crippen molar-refractivity contribution in [2.75, 3.05) is 5.32 Å². The molecule has 0 amide bonds. The van der Waals surface area contributed by atoms with E-state index in [0.29, 0.717) is 6.54 Å². The Morgan fingerprint density at radius 3 is 3.05 bits per heavy atom. The zero-order valence-electron chi connectivity index (χ0n) is 12.7. The third kappa shape index (κ3) is 1.97. The van der Waals surface area contributed by atoms with Gasteiger partial charge < -0.3 is 5.32 Å². The van der Waals surface area contributed by atoms with Gasteiger partial charge in [0.05, 0.1) is 17.8 Å². The van der Waals surface area contributed by atoms with Crippen LogP contribution in [0.4, 0.5) is 5.69 Å². The van der Waals surface area contributed by atoms with Crippen LogP contribution in [0.15, 0.2) is 41.5 Å². The summed E-state index contributed by atoms with van der Waals surface area (Å²) in [6.07, 6.45) is 1.81. The summed E-state index contributed by atoms with van der Waals surface area (Å²) in [5.41, 5.74) is 5.35. The van der Waals surface area contributed by atoms with Crippen molar-refractivity contribution < 1.29 is 0 Å². The van der Waals surface area contributed by atoms with Gasteiger partial charge >= 0.3 is 0 Å². The number of pyridine rings is 1. The van der Waals surface area contributed by atoms with E-state index in [4.69, 9.17) is 0 Å². The van der Waals surface area contributed by atoms with Gasteiger partial charge in [-0.1, -0.05) is 6.07 Å². The van der Waals surface area contributed by atoms with Gasteiger partial charge in [-0.3, -0.25) is 14.7 Å². The molecular formula is C17H17N5. The standard InChI is InChI=1S/C17H17N5/c1-3-22-15-7-6-13(9-14(15)11(2)21-22)20-17-16-12(10-19-17)5-4-8-18-16/h4-9H,3,10H2,1-2H3,(H,19,20). The van der Waals surface area contributed by atoms with Crippen LogP contribution in [0.1, 0.15) is 23.9 Å². The maximum atomic E-state index is 4.56. The number of anilines is 1. The zero-order chi connectivity index (χ0) is 15.1. The number of rotatable bonds is 2. The van der Waals surface area contributed by atoms with Gasteiger partial charge in [-0.2, -0.15) is 5.10 Å². The van der Waals surface area contributed by atoms with Crippen LogP contribution in [-0.4, -0.2) is 20.6 Å². The largest absolute Gasteiger partial charge is 0.339 e. The summed E-state index contributed by atoms with van der Waals surface area (Å²) < 4.78 is 2.03. The number of aromatic nitrogens is 3. The minimum atomic E-state index is 0.695. The van der Waals surface area contributed by atoms with Crippen molar-refractivity contribution in [2.24, 2.45) is 4.99 Å². The SMILES string of the molecule is CCn1nc(C)c2cc(NC3=NCc4cccnc43)ccc21. The monoisotopic (exact) mass is 291 g/mol. The first-order valence-corrected chi connectivity index (χ1v) is 7.49. The summed E-state index contributed by atoms with van der Waals surface area (Å²) in [6.45, 7) is 5.72. The van der Waals surface area contributed by atoms with Crippen molar-refractivity contribution in [1.82, 2.24) is 14.8 Å². The van der Waals surface area contributed by atoms with Crippen LogP contribution in [-0.2, 0) is 13.1 Å². The van der Waals surface area contributed by atoms with Crippen molar-refractivity contribution in [1.29, 1.82) is 0 Å². The number of amidine groups is 1. The van der Waals surface area contributed by atoms with Gasteiger partial charge in [0.15, 0.2) is 5.84 Å². The number of aryl methyl sites for hydroxylation is 2. The summed E-state index contributed by atoms with van der Waals surface area (Å²) in [4.78, 5) is 8.97. The van der Waals surface area contributed by atoms with E-state index in [-0.39, 0.29) is 0 Å². The van der Waals surface area contributed by atoms with Crippen LogP contribution in [0.2, 0.25) is 0 Å². The molecule has 0 fully saturated rings. The molecule has 0 saturated carbocycles. The molecule has 0 atom stereocenters. The minimum absolute atomic E-state index is 0.695. The first-order chi connectivity index (χ1) is 10.8. The number of nitrogens with zero attached hydrogens (tertiary/aromatic N) is 4. The van der Waals surface area contributed by atoms with Gasteiger partial charge in [-0.25, -0.2) is 0 Å². The van der Waals surface area contributed by atoms with Crippen LogP contribution in [0, 0.1) is 6.92 Å². The van der Waals surface area contributed by atoms with E-state index in [1.165, 1.54) is 10.9 Å². The molecule has 0 radical (unpaired) electrons. The van der Waals surface area contributed by atoms with Crippen LogP contribution in [0.5, 0.6) is 0 Å². The van der Waals surface area contributed by atoms with E-state index < -0.39 is 0 Å². The number of aliphatic imine (C=N–C) groups is 1. The number of nitrogens with one attached hydrogen (secondary N) is 1. The third-order valence-electron chi connectivity index (χ3n) is 4.02. The maximum Gasteiger partial charge on any atom is 0.152 e. The van der Waals surface area contributed by atoms with Crippen LogP contribution in [0.25, 0.3) is 10.9 Å². The van der Waals surface area contributed by atoms with Gasteiger partial charge in [-0.15, -0.1) is 0 Å². The summed E-state index contributed by atoms with van der Waals surface area (Å²) >= 11 is 0. The number of fused-ring (bicyclic) bond motifs is 2. The smallest absolute Gasteiger partial charge is 0.152 e. The molecule has 2 aromatic heterocycles. The summed E-state index contributed by atoms with van der Waals surface area (Å²) in [7, 11) is 0. The van der Waals surface area contributed by atoms with Crippen molar-refractivity contribution in [2.45, 2.75) is 26.9 Å². The Hall–Kier alpha value is -2.69. The van der Waals surface area contributed by atoms with Gasteiger partial charge in [0.25, 0.3) is 0 Å². The molecule has 3 aromatic rings. The molecule has 3 heterocycles. The summed E-state index contributed by atoms with van der Waals surface area (Å²) in [6, 6.07) is 10.3. The fourth-order valence-corrected chi connectivity index (χ4v) is 2.91. The highest BCUT2D eigenvalue weighted by atomic mass is 15.3. The Balaban J connectivity index is 1.70. The lowest BCUT2D eigenvalue weighted by Gasteiger charge is -2.07. The van der Waals surface area contributed by atoms with Gasteiger partial charge in [0, 0.05) is 29.4 Å². The van der Waals surface area contributed by atoms with Crippen LogP contribution < -0.4 is 5.32 Å². The molecule has 5 nitrogen and oxygen atoms in total. The highest BCUT2D eigenvalue weighted by Crippen LogP contribution is 2.24. The van der Waals surface area contributed by atoms with Gasteiger partial charge in [0.2, 0.25) is 0 Å². The third-order valence-corrected chi connectivity index (χ3v) is 4.02. The van der Waals surface area contributed by atoms with Crippen molar-refractivity contribution >= 4 is 22.4 Å². The van der Waals surface area contributed by atoms with E-state index in [1.807, 2.05) is 17.7 Å². The molecular weight excluding hydrogens is 274 g/mol. The summed E-state index contributed by atoms with van der Waals surface area (Å²) in [5.74, 6) is 0.843. The van der Waals surface area contributed by atoms with E-state index in [2.05, 4.69) is 51.6 Å². The summed E-state index contributed by atoms with van der Waals surface area (Å²) in [5, 5.41) is 9.13. The Bertz CT molecular complexity index is 891. The van der Waals surface area contributed by atoms with Crippen molar-refractivity contribution in [3.05, 3.63) is 53.5 Å². The molecule has 5 heteroatoms. The molecule has 1 aromatic carbocycles. The fraction of sp³-hybridized carbons (Fsp3) is 0.235. The Morgan fingerprint density at radius 2 is 2.18 bits per heavy atom. The van der Waals surface area contributed by atoms with Gasteiger partial charge in [-0.05, 0) is 38.1 Å². The average molecular weight is 291 g/mol. The topological polar surface area (TPSA) is 55.1 Å². The van der Waals surface area contributed by atoms with E-state index >= 15 is 0 Å². The molecule has 110 valence electrons. The number of hydrogen-bond acceptors (Lipinski definition) is 4. The lowest BCUT2D eigenvalue weighted by atomic mass is 10.2. The van der Waals surface area contributed by atoms with E-state index in [1.54, 1.807) is 6.20 Å². The maximum absolute atomic E-state index is 4.56. The van der Waals surface area contributed by atoms with Crippen LogP contribution in [0.3, 0.4) is 0 Å².